The Morgan fingerprint density at radius 1 is 1.21 bits per heavy atom. The van der Waals surface area contributed by atoms with Gasteiger partial charge in [0.25, 0.3) is 0 Å². The number of hydrogen-bond acceptors (Lipinski definition) is 3. The zero-order chi connectivity index (χ0) is 9.64. The minimum Gasteiger partial charge on any atom is -0.231 e. The summed E-state index contributed by atoms with van der Waals surface area (Å²) in [7, 11) is 0. The van der Waals surface area contributed by atoms with Crippen molar-refractivity contribution < 1.29 is 0 Å². The number of hydrogen-bond donors (Lipinski definition) is 0. The van der Waals surface area contributed by atoms with Gasteiger partial charge in [0.05, 0.1) is 6.20 Å². The average Bonchev–Trinajstić information content (AvgIpc) is 2.29. The van der Waals surface area contributed by atoms with E-state index in [1.807, 2.05) is 18.2 Å². The van der Waals surface area contributed by atoms with Crippen molar-refractivity contribution in [3.05, 3.63) is 54.4 Å². The SMILES string of the molecule is [c]1ccnc(SCc2ccccc2)n1. The van der Waals surface area contributed by atoms with Crippen molar-refractivity contribution in [2.45, 2.75) is 10.9 Å². The van der Waals surface area contributed by atoms with Gasteiger partial charge in [0.1, 0.15) is 0 Å². The molecule has 1 heterocycles. The summed E-state index contributed by atoms with van der Waals surface area (Å²) in [6.07, 6.45) is 4.47. The monoisotopic (exact) mass is 201 g/mol. The first-order chi connectivity index (χ1) is 6.95. The van der Waals surface area contributed by atoms with E-state index in [2.05, 4.69) is 28.3 Å². The Morgan fingerprint density at radius 3 is 2.79 bits per heavy atom. The van der Waals surface area contributed by atoms with Crippen LogP contribution >= 0.6 is 11.8 Å². The van der Waals surface area contributed by atoms with Crippen LogP contribution in [0, 0.1) is 6.20 Å². The van der Waals surface area contributed by atoms with E-state index in [1.54, 1.807) is 24.0 Å². The predicted molar refractivity (Wildman–Crippen MR) is 56.9 cm³/mol. The molecule has 0 saturated heterocycles. The lowest BCUT2D eigenvalue weighted by molar-refractivity contribution is 0.960. The van der Waals surface area contributed by atoms with E-state index >= 15 is 0 Å². The molecule has 0 N–H and O–H groups in total. The molecule has 1 aromatic heterocycles. The van der Waals surface area contributed by atoms with Gasteiger partial charge in [-0.3, -0.25) is 0 Å². The highest BCUT2D eigenvalue weighted by atomic mass is 32.2. The van der Waals surface area contributed by atoms with Crippen molar-refractivity contribution in [1.82, 2.24) is 9.97 Å². The molecule has 14 heavy (non-hydrogen) atoms. The molecule has 0 atom stereocenters. The summed E-state index contributed by atoms with van der Waals surface area (Å²) in [5, 5.41) is 0.774. The van der Waals surface area contributed by atoms with Crippen molar-refractivity contribution in [2.75, 3.05) is 0 Å². The van der Waals surface area contributed by atoms with E-state index in [9.17, 15) is 0 Å². The predicted octanol–water partition coefficient (Wildman–Crippen LogP) is 2.57. The second kappa shape index (κ2) is 4.77. The van der Waals surface area contributed by atoms with Gasteiger partial charge in [-0.25, -0.2) is 9.97 Å². The Kier molecular flexibility index (Phi) is 3.14. The van der Waals surface area contributed by atoms with E-state index < -0.39 is 0 Å². The maximum Gasteiger partial charge on any atom is 0.188 e. The maximum atomic E-state index is 4.11. The van der Waals surface area contributed by atoms with Gasteiger partial charge in [0.2, 0.25) is 0 Å². The van der Waals surface area contributed by atoms with E-state index in [4.69, 9.17) is 0 Å². The number of rotatable bonds is 3. The minimum absolute atomic E-state index is 0.774. The summed E-state index contributed by atoms with van der Waals surface area (Å²) in [5.74, 6) is 0.901. The summed E-state index contributed by atoms with van der Waals surface area (Å²) in [5.41, 5.74) is 1.28. The number of benzene rings is 1. The fourth-order valence-corrected chi connectivity index (χ4v) is 1.79. The van der Waals surface area contributed by atoms with Crippen LogP contribution in [-0.4, -0.2) is 9.97 Å². The second-order valence-corrected chi connectivity index (χ2v) is 3.69. The topological polar surface area (TPSA) is 25.8 Å². The number of aromatic nitrogens is 2. The molecule has 0 bridgehead atoms. The van der Waals surface area contributed by atoms with E-state index in [0.717, 1.165) is 10.9 Å². The van der Waals surface area contributed by atoms with Crippen LogP contribution in [0.1, 0.15) is 5.56 Å². The first-order valence-corrected chi connectivity index (χ1v) is 5.29. The standard InChI is InChI=1S/C11H9N2S/c1-2-5-10(6-3-1)9-14-11-12-7-4-8-13-11/h1-7H,9H2. The molecular weight excluding hydrogens is 192 g/mol. The fraction of sp³-hybridized carbons (Fsp3) is 0.0909. The minimum atomic E-state index is 0.774. The Hall–Kier alpha value is -1.35. The van der Waals surface area contributed by atoms with Crippen LogP contribution in [0.15, 0.2) is 47.8 Å². The van der Waals surface area contributed by atoms with Gasteiger partial charge in [0, 0.05) is 11.9 Å². The molecule has 0 aliphatic heterocycles. The lowest BCUT2D eigenvalue weighted by Gasteiger charge is -1.98. The van der Waals surface area contributed by atoms with Crippen LogP contribution in [0.2, 0.25) is 0 Å². The zero-order valence-electron chi connectivity index (χ0n) is 7.55. The fourth-order valence-electron chi connectivity index (χ4n) is 1.05. The van der Waals surface area contributed by atoms with Crippen LogP contribution in [0.25, 0.3) is 0 Å². The summed E-state index contributed by atoms with van der Waals surface area (Å²) >= 11 is 1.62. The van der Waals surface area contributed by atoms with Crippen LogP contribution < -0.4 is 0 Å². The quantitative estimate of drug-likeness (QED) is 0.564. The Bertz CT molecular complexity index is 336. The summed E-state index contributed by atoms with van der Waals surface area (Å²) in [6.45, 7) is 0. The largest absolute Gasteiger partial charge is 0.231 e. The van der Waals surface area contributed by atoms with E-state index in [-0.39, 0.29) is 0 Å². The molecule has 0 saturated carbocycles. The lowest BCUT2D eigenvalue weighted by Crippen LogP contribution is -1.85. The molecule has 0 aliphatic carbocycles. The summed E-state index contributed by atoms with van der Waals surface area (Å²) in [6, 6.07) is 12.0. The third-order valence-corrected chi connectivity index (χ3v) is 2.64. The molecule has 0 spiro atoms. The number of thioether (sulfide) groups is 1. The lowest BCUT2D eigenvalue weighted by atomic mass is 10.2. The molecule has 1 aromatic carbocycles. The van der Waals surface area contributed by atoms with Crippen molar-refractivity contribution in [1.29, 1.82) is 0 Å². The molecule has 1 radical (unpaired) electrons. The van der Waals surface area contributed by atoms with Crippen molar-refractivity contribution in [3.63, 3.8) is 0 Å². The summed E-state index contributed by atoms with van der Waals surface area (Å²) < 4.78 is 0. The highest BCUT2D eigenvalue weighted by Crippen LogP contribution is 2.17. The molecule has 0 fully saturated rings. The van der Waals surface area contributed by atoms with Crippen molar-refractivity contribution in [3.8, 4) is 0 Å². The highest BCUT2D eigenvalue weighted by molar-refractivity contribution is 7.98. The third kappa shape index (κ3) is 2.57. The molecule has 3 heteroatoms. The molecule has 0 unspecified atom stereocenters. The van der Waals surface area contributed by atoms with Gasteiger partial charge in [-0.2, -0.15) is 0 Å². The zero-order valence-corrected chi connectivity index (χ0v) is 8.37. The van der Waals surface area contributed by atoms with Gasteiger partial charge >= 0.3 is 0 Å². The third-order valence-electron chi connectivity index (χ3n) is 1.70. The van der Waals surface area contributed by atoms with Gasteiger partial charge in [-0.15, -0.1) is 0 Å². The number of nitrogens with zero attached hydrogens (tertiary/aromatic N) is 2. The van der Waals surface area contributed by atoms with Crippen LogP contribution in [0.3, 0.4) is 0 Å². The van der Waals surface area contributed by atoms with Crippen LogP contribution in [-0.2, 0) is 5.75 Å². The average molecular weight is 201 g/mol. The smallest absolute Gasteiger partial charge is 0.188 e. The first-order valence-electron chi connectivity index (χ1n) is 4.31. The Balaban J connectivity index is 1.96. The molecule has 2 rings (SSSR count). The molecular formula is C11H9N2S. The Morgan fingerprint density at radius 2 is 2.07 bits per heavy atom. The normalized spacial score (nSPS) is 10.0. The molecule has 69 valence electrons. The summed E-state index contributed by atoms with van der Waals surface area (Å²) in [4.78, 5) is 8.14. The molecule has 2 nitrogen and oxygen atoms in total. The van der Waals surface area contributed by atoms with Gasteiger partial charge in [0.15, 0.2) is 5.16 Å². The van der Waals surface area contributed by atoms with Gasteiger partial charge < -0.3 is 0 Å². The van der Waals surface area contributed by atoms with Gasteiger partial charge in [-0.05, 0) is 11.6 Å². The second-order valence-electron chi connectivity index (χ2n) is 2.74. The van der Waals surface area contributed by atoms with E-state index in [0.29, 0.717) is 0 Å². The molecule has 0 amide bonds. The van der Waals surface area contributed by atoms with Crippen LogP contribution in [0.5, 0.6) is 0 Å². The van der Waals surface area contributed by atoms with Crippen LogP contribution in [0.4, 0.5) is 0 Å². The van der Waals surface area contributed by atoms with E-state index in [1.165, 1.54) is 5.56 Å². The van der Waals surface area contributed by atoms with Gasteiger partial charge in [-0.1, -0.05) is 42.1 Å². The Labute approximate surface area is 87.4 Å². The van der Waals surface area contributed by atoms with Crippen molar-refractivity contribution in [2.24, 2.45) is 0 Å². The highest BCUT2D eigenvalue weighted by Gasteiger charge is 1.96. The van der Waals surface area contributed by atoms with Crippen molar-refractivity contribution >= 4 is 11.8 Å². The maximum absolute atomic E-state index is 4.11. The molecule has 2 aromatic rings. The first kappa shape index (κ1) is 9.21. The molecule has 0 aliphatic rings.